The lowest BCUT2D eigenvalue weighted by atomic mass is 10.2. The van der Waals surface area contributed by atoms with Gasteiger partial charge >= 0.3 is 5.97 Å². The van der Waals surface area contributed by atoms with Gasteiger partial charge in [0.15, 0.2) is 4.34 Å². The second kappa shape index (κ2) is 7.86. The van der Waals surface area contributed by atoms with Crippen molar-refractivity contribution in [2.75, 3.05) is 24.2 Å². The summed E-state index contributed by atoms with van der Waals surface area (Å²) < 4.78 is 6.06. The summed E-state index contributed by atoms with van der Waals surface area (Å²) in [5.74, 6) is 0.371. The highest BCUT2D eigenvalue weighted by Crippen LogP contribution is 2.25. The third kappa shape index (κ3) is 4.50. The maximum Gasteiger partial charge on any atom is 0.338 e. The van der Waals surface area contributed by atoms with Crippen LogP contribution in [0.3, 0.4) is 0 Å². The molecule has 1 aromatic heterocycles. The van der Waals surface area contributed by atoms with Gasteiger partial charge in [0.05, 0.1) is 5.56 Å². The molecule has 1 aromatic carbocycles. The van der Waals surface area contributed by atoms with Gasteiger partial charge in [-0.1, -0.05) is 41.3 Å². The quantitative estimate of drug-likeness (QED) is 0.482. The zero-order valence-electron chi connectivity index (χ0n) is 11.0. The molecule has 106 valence electrons. The third-order valence-corrected chi connectivity index (χ3v) is 4.26. The minimum Gasteiger partial charge on any atom is -0.461 e. The summed E-state index contributed by atoms with van der Waals surface area (Å²) in [4.78, 5) is 11.7. The lowest BCUT2D eigenvalue weighted by Crippen LogP contribution is -2.07. The van der Waals surface area contributed by atoms with E-state index in [1.165, 1.54) is 23.1 Å². The molecule has 0 atom stereocenters. The molecule has 0 aliphatic rings. The van der Waals surface area contributed by atoms with Gasteiger partial charge in [0, 0.05) is 12.3 Å². The van der Waals surface area contributed by atoms with Crippen LogP contribution >= 0.6 is 23.1 Å². The molecular weight excluding hydrogens is 294 g/mol. The summed E-state index contributed by atoms with van der Waals surface area (Å²) >= 11 is 3.03. The van der Waals surface area contributed by atoms with E-state index in [1.807, 2.05) is 25.1 Å². The zero-order valence-corrected chi connectivity index (χ0v) is 12.7. The number of thioether (sulfide) groups is 1. The molecule has 0 saturated heterocycles. The molecule has 0 radical (unpaired) electrons. The first-order valence-electron chi connectivity index (χ1n) is 6.22. The molecule has 0 unspecified atom stereocenters. The normalized spacial score (nSPS) is 10.2. The number of rotatable bonds is 7. The van der Waals surface area contributed by atoms with Gasteiger partial charge in [0.1, 0.15) is 6.61 Å². The Kier molecular flexibility index (Phi) is 5.82. The second-order valence-electron chi connectivity index (χ2n) is 3.75. The van der Waals surface area contributed by atoms with Crippen molar-refractivity contribution in [3.63, 3.8) is 0 Å². The average Bonchev–Trinajstić information content (AvgIpc) is 2.92. The van der Waals surface area contributed by atoms with E-state index in [2.05, 4.69) is 15.5 Å². The Labute approximate surface area is 125 Å². The van der Waals surface area contributed by atoms with Gasteiger partial charge in [0.25, 0.3) is 0 Å². The van der Waals surface area contributed by atoms with Crippen molar-refractivity contribution in [2.45, 2.75) is 11.3 Å². The molecule has 0 amide bonds. The van der Waals surface area contributed by atoms with Crippen LogP contribution in [-0.4, -0.2) is 35.1 Å². The smallest absolute Gasteiger partial charge is 0.338 e. The van der Waals surface area contributed by atoms with Crippen molar-refractivity contribution in [2.24, 2.45) is 0 Å². The number of aromatic nitrogens is 2. The number of ether oxygens (including phenoxy) is 1. The summed E-state index contributed by atoms with van der Waals surface area (Å²) in [6, 6.07) is 8.97. The monoisotopic (exact) mass is 309 g/mol. The van der Waals surface area contributed by atoms with Crippen LogP contribution in [0.25, 0.3) is 0 Å². The van der Waals surface area contributed by atoms with Crippen molar-refractivity contribution in [1.29, 1.82) is 0 Å². The molecule has 0 spiro atoms. The molecule has 1 N–H and O–H groups in total. The van der Waals surface area contributed by atoms with E-state index in [9.17, 15) is 4.79 Å². The summed E-state index contributed by atoms with van der Waals surface area (Å²) in [5.41, 5.74) is 0.572. The first kappa shape index (κ1) is 14.8. The molecular formula is C13H15N3O2S2. The Bertz CT molecular complexity index is 546. The van der Waals surface area contributed by atoms with Crippen molar-refractivity contribution < 1.29 is 9.53 Å². The van der Waals surface area contributed by atoms with E-state index >= 15 is 0 Å². The Balaban J connectivity index is 1.69. The third-order valence-electron chi connectivity index (χ3n) is 2.29. The number of hydrogen-bond donors (Lipinski definition) is 1. The van der Waals surface area contributed by atoms with Crippen LogP contribution < -0.4 is 5.32 Å². The Morgan fingerprint density at radius 2 is 2.15 bits per heavy atom. The highest BCUT2D eigenvalue weighted by molar-refractivity contribution is 8.01. The van der Waals surface area contributed by atoms with Gasteiger partial charge in [0.2, 0.25) is 5.13 Å². The lowest BCUT2D eigenvalue weighted by molar-refractivity contribution is 0.0530. The fourth-order valence-corrected chi connectivity index (χ4v) is 3.12. The fraction of sp³-hybridized carbons (Fsp3) is 0.308. The Morgan fingerprint density at radius 3 is 2.90 bits per heavy atom. The number of hydrogen-bond acceptors (Lipinski definition) is 7. The standard InChI is InChI=1S/C13H15N3O2S2/c1-2-14-12-15-16-13(20-12)19-9-8-18-11(17)10-6-4-3-5-7-10/h3-7H,2,8-9H2,1H3,(H,14,15). The molecule has 5 nitrogen and oxygen atoms in total. The molecule has 0 fully saturated rings. The maximum absolute atomic E-state index is 11.7. The number of carbonyl (C=O) groups excluding carboxylic acids is 1. The zero-order chi connectivity index (χ0) is 14.2. The SMILES string of the molecule is CCNc1nnc(SCCOC(=O)c2ccccc2)s1. The van der Waals surface area contributed by atoms with Crippen molar-refractivity contribution >= 4 is 34.2 Å². The van der Waals surface area contributed by atoms with E-state index in [0.29, 0.717) is 17.9 Å². The summed E-state index contributed by atoms with van der Waals surface area (Å²) in [5, 5.41) is 12.0. The first-order chi connectivity index (χ1) is 9.79. The summed E-state index contributed by atoms with van der Waals surface area (Å²) in [6.07, 6.45) is 0. The maximum atomic E-state index is 11.7. The second-order valence-corrected chi connectivity index (χ2v) is 6.07. The molecule has 0 aliphatic heterocycles. The molecule has 7 heteroatoms. The van der Waals surface area contributed by atoms with Crippen LogP contribution in [0.15, 0.2) is 34.7 Å². The van der Waals surface area contributed by atoms with E-state index in [4.69, 9.17) is 4.74 Å². The van der Waals surface area contributed by atoms with Crippen LogP contribution in [0.1, 0.15) is 17.3 Å². The van der Waals surface area contributed by atoms with Crippen LogP contribution in [0, 0.1) is 0 Å². The van der Waals surface area contributed by atoms with Gasteiger partial charge in [-0.3, -0.25) is 0 Å². The Morgan fingerprint density at radius 1 is 1.35 bits per heavy atom. The number of benzene rings is 1. The predicted octanol–water partition coefficient (Wildman–Crippen LogP) is 2.92. The van der Waals surface area contributed by atoms with E-state index in [1.54, 1.807) is 12.1 Å². The minimum absolute atomic E-state index is 0.295. The number of nitrogens with one attached hydrogen (secondary N) is 1. The number of nitrogens with zero attached hydrogens (tertiary/aromatic N) is 2. The first-order valence-corrected chi connectivity index (χ1v) is 8.02. The van der Waals surface area contributed by atoms with Crippen molar-refractivity contribution in [3.05, 3.63) is 35.9 Å². The highest BCUT2D eigenvalue weighted by Gasteiger charge is 2.07. The van der Waals surface area contributed by atoms with E-state index in [0.717, 1.165) is 16.0 Å². The van der Waals surface area contributed by atoms with Gasteiger partial charge in [-0.2, -0.15) is 0 Å². The Hall–Kier alpha value is -1.60. The molecule has 20 heavy (non-hydrogen) atoms. The minimum atomic E-state index is -0.295. The van der Waals surface area contributed by atoms with Crippen molar-refractivity contribution in [3.8, 4) is 0 Å². The highest BCUT2D eigenvalue weighted by atomic mass is 32.2. The van der Waals surface area contributed by atoms with Gasteiger partial charge in [-0.05, 0) is 19.1 Å². The van der Waals surface area contributed by atoms with E-state index < -0.39 is 0 Å². The lowest BCUT2D eigenvalue weighted by Gasteiger charge is -2.03. The predicted molar refractivity (Wildman–Crippen MR) is 81.5 cm³/mol. The topological polar surface area (TPSA) is 64.1 Å². The van der Waals surface area contributed by atoms with Crippen LogP contribution in [0.4, 0.5) is 5.13 Å². The summed E-state index contributed by atoms with van der Waals surface area (Å²) in [7, 11) is 0. The van der Waals surface area contributed by atoms with Crippen LogP contribution in [0.5, 0.6) is 0 Å². The molecule has 1 heterocycles. The van der Waals surface area contributed by atoms with Crippen LogP contribution in [0.2, 0.25) is 0 Å². The molecule has 2 rings (SSSR count). The number of esters is 1. The van der Waals surface area contributed by atoms with Gasteiger partial charge in [-0.15, -0.1) is 10.2 Å². The largest absolute Gasteiger partial charge is 0.461 e. The molecule has 0 saturated carbocycles. The van der Waals surface area contributed by atoms with Gasteiger partial charge in [-0.25, -0.2) is 4.79 Å². The average molecular weight is 309 g/mol. The van der Waals surface area contributed by atoms with E-state index in [-0.39, 0.29) is 5.97 Å². The molecule has 2 aromatic rings. The van der Waals surface area contributed by atoms with Crippen molar-refractivity contribution in [1.82, 2.24) is 10.2 Å². The summed E-state index contributed by atoms with van der Waals surface area (Å²) in [6.45, 7) is 3.19. The fourth-order valence-electron chi connectivity index (χ4n) is 1.41. The van der Waals surface area contributed by atoms with Crippen LogP contribution in [-0.2, 0) is 4.74 Å². The van der Waals surface area contributed by atoms with Gasteiger partial charge < -0.3 is 10.1 Å². The number of anilines is 1. The molecule has 0 bridgehead atoms. The number of carbonyl (C=O) groups is 1. The molecule has 0 aliphatic carbocycles.